The summed E-state index contributed by atoms with van der Waals surface area (Å²) in [5.41, 5.74) is 1.70. The van der Waals surface area contributed by atoms with E-state index < -0.39 is 5.97 Å². The zero-order chi connectivity index (χ0) is 17.4. The first kappa shape index (κ1) is 15.6. The van der Waals surface area contributed by atoms with Crippen LogP contribution in [0.3, 0.4) is 0 Å². The predicted molar refractivity (Wildman–Crippen MR) is 86.6 cm³/mol. The van der Waals surface area contributed by atoms with Crippen molar-refractivity contribution in [2.24, 2.45) is 0 Å². The number of ether oxygens (including phenoxy) is 1. The van der Waals surface area contributed by atoms with E-state index in [9.17, 15) is 9.59 Å². The van der Waals surface area contributed by atoms with Gasteiger partial charge in [0.25, 0.3) is 0 Å². The Morgan fingerprint density at radius 2 is 2.12 bits per heavy atom. The number of carbonyl (C=O) groups excluding carboxylic acids is 1. The first-order valence-corrected chi connectivity index (χ1v) is 8.00. The van der Waals surface area contributed by atoms with Crippen LogP contribution in [0.25, 0.3) is 0 Å². The van der Waals surface area contributed by atoms with Gasteiger partial charge in [0.1, 0.15) is 0 Å². The number of carbonyl (C=O) groups is 2. The summed E-state index contributed by atoms with van der Waals surface area (Å²) in [6.45, 7) is 2.85. The van der Waals surface area contributed by atoms with Gasteiger partial charge < -0.3 is 14.7 Å². The van der Waals surface area contributed by atoms with E-state index in [1.807, 2.05) is 29.2 Å². The van der Waals surface area contributed by atoms with E-state index in [0.29, 0.717) is 32.8 Å². The van der Waals surface area contributed by atoms with Gasteiger partial charge in [0.2, 0.25) is 0 Å². The van der Waals surface area contributed by atoms with Crippen LogP contribution in [0.1, 0.15) is 16.1 Å². The summed E-state index contributed by atoms with van der Waals surface area (Å²) in [5.74, 6) is -1.10. The number of anilines is 1. The number of hydrogen-bond acceptors (Lipinski definition) is 5. The van der Waals surface area contributed by atoms with Crippen molar-refractivity contribution in [3.63, 3.8) is 0 Å². The molecule has 0 saturated carbocycles. The molecule has 1 N–H and O–H groups in total. The highest BCUT2D eigenvalue weighted by Crippen LogP contribution is 2.26. The maximum absolute atomic E-state index is 12.5. The molecule has 3 heterocycles. The fraction of sp³-hybridized carbons (Fsp3) is 0.375. The molecule has 0 spiro atoms. The lowest BCUT2D eigenvalue weighted by Crippen LogP contribution is -2.43. The average molecular weight is 343 g/mol. The number of nitrogens with zero attached hydrogens (tertiary/aromatic N) is 5. The van der Waals surface area contributed by atoms with E-state index in [-0.39, 0.29) is 17.8 Å². The zero-order valence-electron chi connectivity index (χ0n) is 13.4. The average Bonchev–Trinajstić information content (AvgIpc) is 3.21. The summed E-state index contributed by atoms with van der Waals surface area (Å²) in [6.07, 6.45) is 1.39. The van der Waals surface area contributed by atoms with Crippen molar-refractivity contribution >= 4 is 17.7 Å². The number of carboxylic acids is 1. The largest absolute Gasteiger partial charge is 0.476 e. The van der Waals surface area contributed by atoms with Crippen LogP contribution in [-0.2, 0) is 11.3 Å². The van der Waals surface area contributed by atoms with Crippen molar-refractivity contribution in [3.8, 4) is 0 Å². The van der Waals surface area contributed by atoms with Gasteiger partial charge in [-0.25, -0.2) is 14.3 Å². The quantitative estimate of drug-likeness (QED) is 0.875. The number of rotatable bonds is 4. The van der Waals surface area contributed by atoms with Crippen molar-refractivity contribution < 1.29 is 19.4 Å². The Labute approximate surface area is 143 Å². The SMILES string of the molecule is O=C(O)c1cn(Cc2ccc(N3CC4COCCN4C3=O)cc2)nn1. The number of benzene rings is 1. The molecule has 2 amide bonds. The van der Waals surface area contributed by atoms with Crippen LogP contribution in [-0.4, -0.2) is 69.3 Å². The first-order chi connectivity index (χ1) is 12.1. The fourth-order valence-corrected chi connectivity index (χ4v) is 3.16. The zero-order valence-corrected chi connectivity index (χ0v) is 13.4. The molecule has 25 heavy (non-hydrogen) atoms. The molecule has 1 aromatic heterocycles. The van der Waals surface area contributed by atoms with E-state index in [4.69, 9.17) is 9.84 Å². The van der Waals surface area contributed by atoms with Crippen molar-refractivity contribution in [3.05, 3.63) is 41.7 Å². The summed E-state index contributed by atoms with van der Waals surface area (Å²) in [7, 11) is 0. The molecule has 9 nitrogen and oxygen atoms in total. The number of urea groups is 1. The minimum absolute atomic E-state index is 0.0171. The molecule has 4 rings (SSSR count). The first-order valence-electron chi connectivity index (χ1n) is 8.00. The Balaban J connectivity index is 1.46. The molecule has 2 aliphatic rings. The lowest BCUT2D eigenvalue weighted by molar-refractivity contribution is 0.0300. The standard InChI is InChI=1S/C16H17N5O4/c22-15(23)14-9-19(18-17-14)7-11-1-3-12(4-2-11)21-8-13-10-25-6-5-20(13)16(21)24/h1-4,9,13H,5-8,10H2,(H,22,23). The molecule has 9 heteroatoms. The van der Waals surface area contributed by atoms with E-state index >= 15 is 0 Å². The molecule has 2 fully saturated rings. The molecule has 0 aliphatic carbocycles. The maximum Gasteiger partial charge on any atom is 0.358 e. The number of amides is 2. The Bertz CT molecular complexity index is 803. The molecule has 2 aliphatic heterocycles. The monoisotopic (exact) mass is 343 g/mol. The van der Waals surface area contributed by atoms with Crippen molar-refractivity contribution in [1.29, 1.82) is 0 Å². The third-order valence-electron chi connectivity index (χ3n) is 4.45. The van der Waals surface area contributed by atoms with Crippen LogP contribution >= 0.6 is 0 Å². The Morgan fingerprint density at radius 1 is 1.32 bits per heavy atom. The summed E-state index contributed by atoms with van der Waals surface area (Å²) >= 11 is 0. The van der Waals surface area contributed by atoms with Crippen molar-refractivity contribution in [2.75, 3.05) is 31.2 Å². The highest BCUT2D eigenvalue weighted by atomic mass is 16.5. The molecule has 1 unspecified atom stereocenters. The minimum Gasteiger partial charge on any atom is -0.476 e. The number of morpholine rings is 1. The van der Waals surface area contributed by atoms with Crippen LogP contribution in [0.5, 0.6) is 0 Å². The second-order valence-corrected chi connectivity index (χ2v) is 6.09. The summed E-state index contributed by atoms with van der Waals surface area (Å²) < 4.78 is 6.91. The maximum atomic E-state index is 12.5. The topological polar surface area (TPSA) is 101 Å². The highest BCUT2D eigenvalue weighted by molar-refractivity contribution is 5.94. The molecule has 2 aromatic rings. The molecular formula is C16H17N5O4. The van der Waals surface area contributed by atoms with Crippen LogP contribution in [0, 0.1) is 0 Å². The Morgan fingerprint density at radius 3 is 2.80 bits per heavy atom. The van der Waals surface area contributed by atoms with Gasteiger partial charge in [-0.2, -0.15) is 0 Å². The normalized spacial score (nSPS) is 20.0. The Kier molecular flexibility index (Phi) is 3.85. The Hall–Kier alpha value is -2.94. The van der Waals surface area contributed by atoms with Crippen LogP contribution < -0.4 is 4.90 Å². The van der Waals surface area contributed by atoms with Gasteiger partial charge >= 0.3 is 12.0 Å². The summed E-state index contributed by atoms with van der Waals surface area (Å²) in [4.78, 5) is 27.0. The molecular weight excluding hydrogens is 326 g/mol. The van der Waals surface area contributed by atoms with E-state index in [1.165, 1.54) is 10.9 Å². The van der Waals surface area contributed by atoms with E-state index in [1.54, 1.807) is 4.90 Å². The van der Waals surface area contributed by atoms with Crippen LogP contribution in [0.2, 0.25) is 0 Å². The van der Waals surface area contributed by atoms with Crippen molar-refractivity contribution in [2.45, 2.75) is 12.6 Å². The summed E-state index contributed by atoms with van der Waals surface area (Å²) in [5, 5.41) is 16.2. The molecule has 1 aromatic carbocycles. The van der Waals surface area contributed by atoms with Gasteiger partial charge in [0.15, 0.2) is 5.69 Å². The lowest BCUT2D eigenvalue weighted by atomic mass is 10.2. The number of carboxylic acid groups (broad SMARTS) is 1. The molecule has 1 atom stereocenters. The second kappa shape index (κ2) is 6.17. The molecule has 0 bridgehead atoms. The smallest absolute Gasteiger partial charge is 0.358 e. The van der Waals surface area contributed by atoms with Gasteiger partial charge in [-0.15, -0.1) is 5.10 Å². The molecule has 130 valence electrons. The van der Waals surface area contributed by atoms with Crippen LogP contribution in [0.4, 0.5) is 10.5 Å². The molecule has 2 saturated heterocycles. The molecule has 0 radical (unpaired) electrons. The second-order valence-electron chi connectivity index (χ2n) is 6.09. The van der Waals surface area contributed by atoms with Gasteiger partial charge in [0.05, 0.1) is 38.5 Å². The highest BCUT2D eigenvalue weighted by Gasteiger charge is 2.39. The van der Waals surface area contributed by atoms with Gasteiger partial charge in [-0.05, 0) is 17.7 Å². The number of aromatic carboxylic acids is 1. The van der Waals surface area contributed by atoms with Gasteiger partial charge in [0, 0.05) is 12.2 Å². The number of fused-ring (bicyclic) bond motifs is 1. The lowest BCUT2D eigenvalue weighted by Gasteiger charge is -2.27. The third-order valence-corrected chi connectivity index (χ3v) is 4.45. The fourth-order valence-electron chi connectivity index (χ4n) is 3.16. The summed E-state index contributed by atoms with van der Waals surface area (Å²) in [6, 6.07) is 7.72. The van der Waals surface area contributed by atoms with Gasteiger partial charge in [-0.3, -0.25) is 4.90 Å². The van der Waals surface area contributed by atoms with E-state index in [0.717, 1.165) is 11.3 Å². The van der Waals surface area contributed by atoms with Crippen LogP contribution in [0.15, 0.2) is 30.5 Å². The predicted octanol–water partition coefficient (Wildman–Crippen LogP) is 0.665. The third kappa shape index (κ3) is 2.93. The number of hydrogen-bond donors (Lipinski definition) is 1. The minimum atomic E-state index is -1.10. The number of aromatic nitrogens is 3. The van der Waals surface area contributed by atoms with E-state index in [2.05, 4.69) is 10.3 Å². The van der Waals surface area contributed by atoms with Gasteiger partial charge in [-0.1, -0.05) is 17.3 Å². The van der Waals surface area contributed by atoms with Crippen molar-refractivity contribution in [1.82, 2.24) is 19.9 Å².